The van der Waals surface area contributed by atoms with E-state index in [4.69, 9.17) is 4.42 Å². The number of rotatable bonds is 3. The number of amides is 1. The largest absolute Gasteiger partial charge is 0.438 e. The Balaban J connectivity index is 1.92. The van der Waals surface area contributed by atoms with Crippen molar-refractivity contribution in [2.45, 2.75) is 6.92 Å². The fraction of sp³-hybridized carbons (Fsp3) is 0.0714. The minimum absolute atomic E-state index is 0.162. The van der Waals surface area contributed by atoms with E-state index in [1.807, 2.05) is 25.1 Å². The van der Waals surface area contributed by atoms with E-state index >= 15 is 0 Å². The van der Waals surface area contributed by atoms with Crippen LogP contribution in [0.2, 0.25) is 0 Å². The standard InChI is InChI=1S/C14H12N4O2/c1-9-6-16-13(17-9)10-4-2-3-5-11(10)18-14(19)12-7-15-8-20-12/h2-8H,1H3,(H,16,17)(H,18,19). The number of oxazole rings is 1. The van der Waals surface area contributed by atoms with Crippen molar-refractivity contribution < 1.29 is 9.21 Å². The van der Waals surface area contributed by atoms with E-state index in [2.05, 4.69) is 20.3 Å². The predicted octanol–water partition coefficient (Wildman–Crippen LogP) is 2.63. The van der Waals surface area contributed by atoms with E-state index in [0.29, 0.717) is 11.5 Å². The van der Waals surface area contributed by atoms with Crippen LogP contribution in [0.15, 0.2) is 47.5 Å². The van der Waals surface area contributed by atoms with Gasteiger partial charge >= 0.3 is 0 Å². The number of carbonyl (C=O) groups is 1. The molecule has 0 aliphatic heterocycles. The number of nitrogens with one attached hydrogen (secondary N) is 2. The molecule has 0 bridgehead atoms. The van der Waals surface area contributed by atoms with Gasteiger partial charge in [0.2, 0.25) is 5.76 Å². The number of aryl methyl sites for hydroxylation is 1. The van der Waals surface area contributed by atoms with Gasteiger partial charge in [0.25, 0.3) is 5.91 Å². The lowest BCUT2D eigenvalue weighted by Crippen LogP contribution is -2.11. The highest BCUT2D eigenvalue weighted by Crippen LogP contribution is 2.25. The second kappa shape index (κ2) is 5.00. The highest BCUT2D eigenvalue weighted by Gasteiger charge is 2.13. The van der Waals surface area contributed by atoms with Gasteiger partial charge in [-0.1, -0.05) is 12.1 Å². The number of anilines is 1. The van der Waals surface area contributed by atoms with E-state index in [1.54, 1.807) is 12.3 Å². The Morgan fingerprint density at radius 2 is 2.15 bits per heavy atom. The third-order valence-electron chi connectivity index (χ3n) is 2.79. The number of benzene rings is 1. The zero-order valence-corrected chi connectivity index (χ0v) is 10.8. The fourth-order valence-electron chi connectivity index (χ4n) is 1.86. The van der Waals surface area contributed by atoms with Gasteiger partial charge in [-0.05, 0) is 19.1 Å². The molecule has 1 amide bonds. The average Bonchev–Trinajstić information content (AvgIpc) is 3.10. The molecule has 100 valence electrons. The van der Waals surface area contributed by atoms with Crippen LogP contribution in [-0.4, -0.2) is 20.9 Å². The Labute approximate surface area is 114 Å². The first kappa shape index (κ1) is 12.2. The van der Waals surface area contributed by atoms with Gasteiger partial charge in [-0.25, -0.2) is 9.97 Å². The quantitative estimate of drug-likeness (QED) is 0.764. The lowest BCUT2D eigenvalue weighted by atomic mass is 10.1. The zero-order chi connectivity index (χ0) is 13.9. The smallest absolute Gasteiger partial charge is 0.293 e. The van der Waals surface area contributed by atoms with E-state index in [0.717, 1.165) is 11.3 Å². The van der Waals surface area contributed by atoms with Gasteiger partial charge in [0.15, 0.2) is 6.39 Å². The van der Waals surface area contributed by atoms with Gasteiger partial charge in [0, 0.05) is 17.5 Å². The number of H-pyrrole nitrogens is 1. The average molecular weight is 268 g/mol. The molecule has 0 atom stereocenters. The van der Waals surface area contributed by atoms with Crippen LogP contribution in [0.3, 0.4) is 0 Å². The Morgan fingerprint density at radius 1 is 1.30 bits per heavy atom. The molecule has 0 radical (unpaired) electrons. The summed E-state index contributed by atoms with van der Waals surface area (Å²) in [5, 5.41) is 2.79. The first-order valence-electron chi connectivity index (χ1n) is 6.05. The van der Waals surface area contributed by atoms with E-state index in [1.165, 1.54) is 12.6 Å². The molecular formula is C14H12N4O2. The summed E-state index contributed by atoms with van der Waals surface area (Å²) < 4.78 is 4.97. The summed E-state index contributed by atoms with van der Waals surface area (Å²) in [6.07, 6.45) is 4.33. The molecule has 2 heterocycles. The van der Waals surface area contributed by atoms with Gasteiger partial charge in [-0.15, -0.1) is 0 Å². The van der Waals surface area contributed by atoms with Crippen LogP contribution >= 0.6 is 0 Å². The third-order valence-corrected chi connectivity index (χ3v) is 2.79. The molecule has 0 saturated carbocycles. The van der Waals surface area contributed by atoms with Crippen molar-refractivity contribution in [1.29, 1.82) is 0 Å². The molecule has 6 nitrogen and oxygen atoms in total. The van der Waals surface area contributed by atoms with E-state index < -0.39 is 0 Å². The molecule has 0 aliphatic carbocycles. The van der Waals surface area contributed by atoms with Gasteiger partial charge in [-0.3, -0.25) is 4.79 Å². The highest BCUT2D eigenvalue weighted by molar-refractivity contribution is 6.04. The number of carbonyl (C=O) groups excluding carboxylic acids is 1. The third kappa shape index (κ3) is 2.31. The molecule has 0 spiro atoms. The molecule has 3 aromatic rings. The van der Waals surface area contributed by atoms with Crippen LogP contribution in [-0.2, 0) is 0 Å². The van der Waals surface area contributed by atoms with Crippen LogP contribution in [0, 0.1) is 6.92 Å². The first-order valence-corrected chi connectivity index (χ1v) is 6.05. The topological polar surface area (TPSA) is 83.8 Å². The molecule has 6 heteroatoms. The highest BCUT2D eigenvalue weighted by atomic mass is 16.3. The summed E-state index contributed by atoms with van der Waals surface area (Å²) in [5.41, 5.74) is 2.42. The molecular weight excluding hydrogens is 256 g/mol. The normalized spacial score (nSPS) is 10.4. The van der Waals surface area contributed by atoms with Crippen molar-refractivity contribution in [3.05, 3.63) is 54.5 Å². The van der Waals surface area contributed by atoms with E-state index in [-0.39, 0.29) is 11.7 Å². The molecule has 2 aromatic heterocycles. The summed E-state index contributed by atoms with van der Waals surface area (Å²) in [4.78, 5) is 23.1. The van der Waals surface area contributed by atoms with Crippen LogP contribution in [0.4, 0.5) is 5.69 Å². The van der Waals surface area contributed by atoms with Crippen molar-refractivity contribution in [3.63, 3.8) is 0 Å². The molecule has 3 rings (SSSR count). The lowest BCUT2D eigenvalue weighted by Gasteiger charge is -2.08. The monoisotopic (exact) mass is 268 g/mol. The lowest BCUT2D eigenvalue weighted by molar-refractivity contribution is 0.0996. The predicted molar refractivity (Wildman–Crippen MR) is 73.2 cm³/mol. The molecule has 0 unspecified atom stereocenters. The Bertz CT molecular complexity index is 731. The second-order valence-corrected chi connectivity index (χ2v) is 4.28. The molecule has 0 aliphatic rings. The number of aromatic nitrogens is 3. The SMILES string of the molecule is Cc1cnc(-c2ccccc2NC(=O)c2cnco2)[nH]1. The van der Waals surface area contributed by atoms with Crippen LogP contribution in [0.5, 0.6) is 0 Å². The summed E-state index contributed by atoms with van der Waals surface area (Å²) in [5.74, 6) is 0.518. The molecule has 20 heavy (non-hydrogen) atoms. The minimum atomic E-state index is -0.349. The number of hydrogen-bond acceptors (Lipinski definition) is 4. The van der Waals surface area contributed by atoms with Crippen molar-refractivity contribution in [1.82, 2.24) is 15.0 Å². The first-order chi connectivity index (χ1) is 9.74. The maximum Gasteiger partial charge on any atom is 0.293 e. The van der Waals surface area contributed by atoms with Crippen LogP contribution in [0.1, 0.15) is 16.2 Å². The van der Waals surface area contributed by atoms with Gasteiger partial charge in [-0.2, -0.15) is 0 Å². The molecule has 1 aromatic carbocycles. The zero-order valence-electron chi connectivity index (χ0n) is 10.8. The van der Waals surface area contributed by atoms with Gasteiger partial charge in [0.05, 0.1) is 11.9 Å². The molecule has 0 saturated heterocycles. The number of hydrogen-bond donors (Lipinski definition) is 2. The van der Waals surface area contributed by atoms with Crippen molar-refractivity contribution in [2.75, 3.05) is 5.32 Å². The Kier molecular flexibility index (Phi) is 3.04. The Hall–Kier alpha value is -2.89. The van der Waals surface area contributed by atoms with Crippen molar-refractivity contribution in [3.8, 4) is 11.4 Å². The maximum absolute atomic E-state index is 12.0. The maximum atomic E-state index is 12.0. The summed E-state index contributed by atoms with van der Waals surface area (Å²) in [6, 6.07) is 7.42. The number of imidazole rings is 1. The van der Waals surface area contributed by atoms with Gasteiger partial charge < -0.3 is 14.7 Å². The van der Waals surface area contributed by atoms with Crippen LogP contribution < -0.4 is 5.32 Å². The number of nitrogens with zero attached hydrogens (tertiary/aromatic N) is 2. The van der Waals surface area contributed by atoms with Crippen molar-refractivity contribution in [2.24, 2.45) is 0 Å². The number of aromatic amines is 1. The second-order valence-electron chi connectivity index (χ2n) is 4.28. The number of para-hydroxylation sites is 1. The summed E-state index contributed by atoms with van der Waals surface area (Å²) in [7, 11) is 0. The summed E-state index contributed by atoms with van der Waals surface area (Å²) in [6.45, 7) is 1.92. The Morgan fingerprint density at radius 3 is 2.85 bits per heavy atom. The van der Waals surface area contributed by atoms with Crippen molar-refractivity contribution >= 4 is 11.6 Å². The fourth-order valence-corrected chi connectivity index (χ4v) is 1.86. The minimum Gasteiger partial charge on any atom is -0.438 e. The van der Waals surface area contributed by atoms with Gasteiger partial charge in [0.1, 0.15) is 5.82 Å². The van der Waals surface area contributed by atoms with Crippen LogP contribution in [0.25, 0.3) is 11.4 Å². The molecule has 0 fully saturated rings. The molecule has 2 N–H and O–H groups in total. The summed E-state index contributed by atoms with van der Waals surface area (Å²) >= 11 is 0. The van der Waals surface area contributed by atoms with E-state index in [9.17, 15) is 4.79 Å².